The Hall–Kier alpha value is -3.98. The van der Waals surface area contributed by atoms with Crippen LogP contribution in [0.4, 0.5) is 0 Å². The van der Waals surface area contributed by atoms with Gasteiger partial charge in [0.25, 0.3) is 5.56 Å². The normalized spacial score (nSPS) is 18.3. The predicted octanol–water partition coefficient (Wildman–Crippen LogP) is 3.44. The van der Waals surface area contributed by atoms with Gasteiger partial charge in [-0.15, -0.1) is 0 Å². The van der Waals surface area contributed by atoms with Crippen molar-refractivity contribution in [3.05, 3.63) is 68.5 Å². The van der Waals surface area contributed by atoms with Gasteiger partial charge in [0.1, 0.15) is 19.0 Å². The summed E-state index contributed by atoms with van der Waals surface area (Å²) in [6.45, 7) is 5.65. The molecule has 0 bridgehead atoms. The van der Waals surface area contributed by atoms with Gasteiger partial charge < -0.3 is 24.3 Å². The number of rotatable bonds is 7. The molecule has 0 saturated carbocycles. The largest absolute Gasteiger partial charge is 0.489 e. The molecule has 2 aliphatic heterocycles. The molecule has 0 spiro atoms. The topological polar surface area (TPSA) is 128 Å². The van der Waals surface area contributed by atoms with Gasteiger partial charge in [-0.3, -0.25) is 4.79 Å². The number of nitrogens with zero attached hydrogens (tertiary/aromatic N) is 2. The lowest BCUT2D eigenvalue weighted by Crippen LogP contribution is -2.44. The quantitative estimate of drug-likeness (QED) is 0.289. The Morgan fingerprint density at radius 3 is 2.68 bits per heavy atom. The number of pyridine rings is 2. The van der Waals surface area contributed by atoms with Gasteiger partial charge in [0, 0.05) is 16.5 Å². The lowest BCUT2D eigenvalue weighted by atomic mass is 9.86. The van der Waals surface area contributed by atoms with Gasteiger partial charge in [-0.05, 0) is 49.1 Å². The summed E-state index contributed by atoms with van der Waals surface area (Å²) in [7, 11) is 0. The molecule has 0 saturated heterocycles. The number of aromatic nitrogens is 2. The fraction of sp³-hybridized carbons (Fsp3) is 0.357. The second-order valence-corrected chi connectivity index (χ2v) is 9.28. The first-order valence-corrected chi connectivity index (χ1v) is 12.4. The number of ether oxygens (including phenoxy) is 2. The summed E-state index contributed by atoms with van der Waals surface area (Å²) >= 11 is 0. The molecule has 0 fully saturated rings. The average molecular weight is 505 g/mol. The van der Waals surface area contributed by atoms with Gasteiger partial charge in [-0.2, -0.15) is 0 Å². The first kappa shape index (κ1) is 24.7. The minimum atomic E-state index is -1.87. The highest BCUT2D eigenvalue weighted by atomic mass is 16.6. The molecular formula is C28H28N2O7. The van der Waals surface area contributed by atoms with Crippen LogP contribution >= 0.6 is 0 Å². The number of allylic oxidation sites excluding steroid dienone is 1. The third-order valence-electron chi connectivity index (χ3n) is 7.25. The molecular weight excluding hydrogens is 476 g/mol. The molecule has 0 amide bonds. The number of esters is 1. The number of cyclic esters (lactones) is 1. The number of aliphatic hydroxyl groups is 1. The van der Waals surface area contributed by atoms with Crippen molar-refractivity contribution in [2.24, 2.45) is 0 Å². The first-order chi connectivity index (χ1) is 17.7. The minimum Gasteiger partial charge on any atom is -0.489 e. The van der Waals surface area contributed by atoms with Gasteiger partial charge in [-0.1, -0.05) is 26.8 Å². The number of aryl methyl sites for hydroxylation is 1. The zero-order valence-electron chi connectivity index (χ0n) is 21.0. The van der Waals surface area contributed by atoms with Crippen molar-refractivity contribution in [1.82, 2.24) is 9.55 Å². The Kier molecular flexibility index (Phi) is 6.11. The molecule has 2 N–H and O–H groups in total. The molecule has 0 radical (unpaired) electrons. The summed E-state index contributed by atoms with van der Waals surface area (Å²) < 4.78 is 12.6. The highest BCUT2D eigenvalue weighted by molar-refractivity contribution is 5.90. The minimum absolute atomic E-state index is 0.0535. The van der Waals surface area contributed by atoms with E-state index in [0.29, 0.717) is 42.0 Å². The zero-order valence-corrected chi connectivity index (χ0v) is 21.0. The van der Waals surface area contributed by atoms with E-state index in [1.54, 1.807) is 29.7 Å². The Labute approximate surface area is 213 Å². The third kappa shape index (κ3) is 3.81. The highest BCUT2D eigenvalue weighted by Crippen LogP contribution is 2.40. The number of aliphatic carboxylic acids is 1. The smallest absolute Gasteiger partial charge is 0.343 e. The van der Waals surface area contributed by atoms with Crippen LogP contribution in [0.15, 0.2) is 40.7 Å². The van der Waals surface area contributed by atoms with Crippen LogP contribution in [-0.2, 0) is 39.5 Å². The van der Waals surface area contributed by atoms with Crippen molar-refractivity contribution in [1.29, 1.82) is 0 Å². The van der Waals surface area contributed by atoms with Crippen molar-refractivity contribution in [2.45, 2.75) is 58.8 Å². The average Bonchev–Trinajstić information content (AvgIpc) is 3.26. The number of fused-ring (bicyclic) bond motifs is 5. The Balaban J connectivity index is 1.61. The fourth-order valence-electron chi connectivity index (χ4n) is 5.25. The second-order valence-electron chi connectivity index (χ2n) is 9.28. The number of carbonyl (C=O) groups is 2. The maximum Gasteiger partial charge on any atom is 0.343 e. The molecule has 192 valence electrons. The van der Waals surface area contributed by atoms with Crippen LogP contribution in [0.5, 0.6) is 5.75 Å². The Morgan fingerprint density at radius 2 is 2.00 bits per heavy atom. The van der Waals surface area contributed by atoms with Crippen LogP contribution in [0.25, 0.3) is 22.3 Å². The van der Waals surface area contributed by atoms with Gasteiger partial charge >= 0.3 is 11.9 Å². The monoisotopic (exact) mass is 504 g/mol. The van der Waals surface area contributed by atoms with Gasteiger partial charge in [0.2, 0.25) is 0 Å². The summed E-state index contributed by atoms with van der Waals surface area (Å²) in [5, 5.41) is 21.3. The summed E-state index contributed by atoms with van der Waals surface area (Å²) in [4.78, 5) is 42.1. The molecule has 9 heteroatoms. The van der Waals surface area contributed by atoms with Crippen molar-refractivity contribution >= 4 is 22.8 Å². The van der Waals surface area contributed by atoms with E-state index in [2.05, 4.69) is 0 Å². The number of hydrogen-bond acceptors (Lipinski definition) is 7. The van der Waals surface area contributed by atoms with E-state index in [-0.39, 0.29) is 41.9 Å². The molecule has 4 heterocycles. The Morgan fingerprint density at radius 1 is 1.22 bits per heavy atom. The number of carboxylic acids is 1. The summed E-state index contributed by atoms with van der Waals surface area (Å²) in [6, 6.07) is 7.11. The Bertz CT molecular complexity index is 1550. The third-order valence-corrected chi connectivity index (χ3v) is 7.25. The van der Waals surface area contributed by atoms with Crippen LogP contribution < -0.4 is 10.3 Å². The summed E-state index contributed by atoms with van der Waals surface area (Å²) in [5.41, 5.74) is 2.41. The zero-order chi connectivity index (χ0) is 26.5. The molecule has 1 aromatic carbocycles. The van der Waals surface area contributed by atoms with E-state index in [1.807, 2.05) is 26.0 Å². The van der Waals surface area contributed by atoms with E-state index in [9.17, 15) is 24.6 Å². The molecule has 3 aromatic rings. The SMILES string of the molecule is CC/C=C(\COc1ccc2nc3c(c(CC)c2c1)Cn1c-3cc2c(c1=O)COC(=O)[C@]2(O)CC)C(=O)O. The van der Waals surface area contributed by atoms with Crippen molar-refractivity contribution in [3.8, 4) is 17.1 Å². The van der Waals surface area contributed by atoms with Crippen LogP contribution in [0.2, 0.25) is 0 Å². The van der Waals surface area contributed by atoms with Crippen LogP contribution in [0, 0.1) is 0 Å². The van der Waals surface area contributed by atoms with Gasteiger partial charge in [-0.25, -0.2) is 14.6 Å². The van der Waals surface area contributed by atoms with Crippen molar-refractivity contribution in [2.75, 3.05) is 6.61 Å². The number of benzene rings is 1. The molecule has 2 aliphatic rings. The van der Waals surface area contributed by atoms with Crippen molar-refractivity contribution < 1.29 is 29.3 Å². The van der Waals surface area contributed by atoms with E-state index in [1.165, 1.54) is 0 Å². The molecule has 0 aliphatic carbocycles. The van der Waals surface area contributed by atoms with Gasteiger partial charge in [0.05, 0.1) is 34.6 Å². The van der Waals surface area contributed by atoms with E-state index in [0.717, 1.165) is 16.5 Å². The van der Waals surface area contributed by atoms with E-state index < -0.39 is 17.5 Å². The molecule has 1 atom stereocenters. The summed E-state index contributed by atoms with van der Waals surface area (Å²) in [5.74, 6) is -1.23. The standard InChI is InChI=1S/C28H28N2O7/c1-4-7-15(26(32)33)13-36-16-8-9-22-18(10-16)17(5-2)19-12-30-23(24(19)29-22)11-21-20(25(30)31)14-37-27(34)28(21,35)6-3/h7-11,35H,4-6,12-14H2,1-3H3,(H,32,33)/b15-7+/t28-/m0/s1. The number of hydrogen-bond donors (Lipinski definition) is 2. The van der Waals surface area contributed by atoms with Crippen LogP contribution in [0.3, 0.4) is 0 Å². The maximum atomic E-state index is 13.4. The molecule has 2 aromatic heterocycles. The summed E-state index contributed by atoms with van der Waals surface area (Å²) in [6.07, 6.45) is 2.98. The lowest BCUT2D eigenvalue weighted by Gasteiger charge is -2.31. The second kappa shape index (κ2) is 9.15. The van der Waals surface area contributed by atoms with Crippen molar-refractivity contribution in [3.63, 3.8) is 0 Å². The number of carboxylic acid groups (broad SMARTS) is 1. The molecule has 5 rings (SSSR count). The highest BCUT2D eigenvalue weighted by Gasteiger charge is 2.45. The molecule has 0 unspecified atom stereocenters. The molecule has 9 nitrogen and oxygen atoms in total. The van der Waals surface area contributed by atoms with Crippen LogP contribution in [-0.4, -0.2) is 38.3 Å². The maximum absolute atomic E-state index is 13.4. The van der Waals surface area contributed by atoms with Gasteiger partial charge in [0.15, 0.2) is 5.60 Å². The molecule has 37 heavy (non-hydrogen) atoms. The lowest BCUT2D eigenvalue weighted by molar-refractivity contribution is -0.172. The van der Waals surface area contributed by atoms with E-state index in [4.69, 9.17) is 14.5 Å². The van der Waals surface area contributed by atoms with Crippen LogP contribution in [0.1, 0.15) is 55.9 Å². The van der Waals surface area contributed by atoms with E-state index >= 15 is 0 Å². The fourth-order valence-corrected chi connectivity index (χ4v) is 5.25. The first-order valence-electron chi connectivity index (χ1n) is 12.4. The number of carbonyl (C=O) groups excluding carboxylic acids is 1. The predicted molar refractivity (Wildman–Crippen MR) is 135 cm³/mol.